The minimum atomic E-state index is -0.571. The van der Waals surface area contributed by atoms with Gasteiger partial charge in [0.2, 0.25) is 5.91 Å². The summed E-state index contributed by atoms with van der Waals surface area (Å²) in [5.74, 6) is 0.125. The van der Waals surface area contributed by atoms with E-state index in [0.29, 0.717) is 19.0 Å². The molecule has 16 heavy (non-hydrogen) atoms. The van der Waals surface area contributed by atoms with Crippen molar-refractivity contribution in [1.82, 2.24) is 10.2 Å². The van der Waals surface area contributed by atoms with Gasteiger partial charge < -0.3 is 16.0 Å². The number of nitrogens with zero attached hydrogens (tertiary/aromatic N) is 1. The molecule has 5 nitrogen and oxygen atoms in total. The fourth-order valence-electron chi connectivity index (χ4n) is 2.19. The topological polar surface area (TPSA) is 75.4 Å². The van der Waals surface area contributed by atoms with Crippen molar-refractivity contribution in [3.8, 4) is 0 Å². The maximum Gasteiger partial charge on any atom is 0.312 e. The van der Waals surface area contributed by atoms with Gasteiger partial charge in [0.25, 0.3) is 0 Å². The third-order valence-electron chi connectivity index (χ3n) is 3.06. The molecule has 1 aliphatic rings. The van der Waals surface area contributed by atoms with E-state index in [1.807, 2.05) is 4.90 Å². The largest absolute Gasteiger partial charge is 0.352 e. The van der Waals surface area contributed by atoms with Crippen LogP contribution in [0.5, 0.6) is 0 Å². The van der Waals surface area contributed by atoms with Gasteiger partial charge in [0, 0.05) is 25.6 Å². The second-order valence-electron chi connectivity index (χ2n) is 4.19. The van der Waals surface area contributed by atoms with E-state index in [1.165, 1.54) is 6.42 Å². The van der Waals surface area contributed by atoms with Crippen LogP contribution in [0.2, 0.25) is 0 Å². The lowest BCUT2D eigenvalue weighted by Gasteiger charge is -2.35. The fourth-order valence-corrected chi connectivity index (χ4v) is 2.19. The third kappa shape index (κ3) is 3.72. The van der Waals surface area contributed by atoms with Crippen LogP contribution < -0.4 is 11.1 Å². The quantitative estimate of drug-likeness (QED) is 0.746. The van der Waals surface area contributed by atoms with Crippen molar-refractivity contribution >= 4 is 11.9 Å². The Morgan fingerprint density at radius 2 is 2.19 bits per heavy atom. The summed E-state index contributed by atoms with van der Waals surface area (Å²) in [6.07, 6.45) is 4.76. The van der Waals surface area contributed by atoms with Gasteiger partial charge in [-0.05, 0) is 25.7 Å². The number of nitrogens with two attached hydrogens (primary N) is 1. The minimum Gasteiger partial charge on any atom is -0.352 e. The molecule has 0 bridgehead atoms. The molecule has 1 unspecified atom stereocenters. The molecule has 1 atom stereocenters. The SMILES string of the molecule is CCC1CCCCN1C(=O)CCNC(N)=O. The van der Waals surface area contributed by atoms with Crippen molar-refractivity contribution in [2.45, 2.75) is 45.1 Å². The van der Waals surface area contributed by atoms with E-state index in [9.17, 15) is 9.59 Å². The van der Waals surface area contributed by atoms with Crippen LogP contribution in [0.1, 0.15) is 39.0 Å². The van der Waals surface area contributed by atoms with Crippen molar-refractivity contribution in [3.63, 3.8) is 0 Å². The number of hydrogen-bond acceptors (Lipinski definition) is 2. The molecule has 0 spiro atoms. The Bertz CT molecular complexity index is 256. The Labute approximate surface area is 96.4 Å². The molecule has 0 aromatic carbocycles. The second kappa shape index (κ2) is 6.35. The highest BCUT2D eigenvalue weighted by atomic mass is 16.2. The molecule has 1 fully saturated rings. The number of hydrogen-bond donors (Lipinski definition) is 2. The van der Waals surface area contributed by atoms with Crippen LogP contribution in [0.15, 0.2) is 0 Å². The molecule has 5 heteroatoms. The van der Waals surface area contributed by atoms with E-state index < -0.39 is 6.03 Å². The van der Waals surface area contributed by atoms with Gasteiger partial charge >= 0.3 is 6.03 Å². The molecule has 0 saturated carbocycles. The summed E-state index contributed by atoms with van der Waals surface area (Å²) < 4.78 is 0. The standard InChI is InChI=1S/C11H21N3O2/c1-2-9-5-3-4-8-14(9)10(15)6-7-13-11(12)16/h9H,2-8H2,1H3,(H3,12,13,16). The monoisotopic (exact) mass is 227 g/mol. The van der Waals surface area contributed by atoms with E-state index in [4.69, 9.17) is 5.73 Å². The number of primary amides is 1. The normalized spacial score (nSPS) is 20.6. The van der Waals surface area contributed by atoms with Gasteiger partial charge in [0.1, 0.15) is 0 Å². The number of nitrogens with one attached hydrogen (secondary N) is 1. The molecule has 92 valence electrons. The van der Waals surface area contributed by atoms with Crippen molar-refractivity contribution in [2.24, 2.45) is 5.73 Å². The van der Waals surface area contributed by atoms with Crippen LogP contribution in [0.3, 0.4) is 0 Å². The van der Waals surface area contributed by atoms with Gasteiger partial charge in [-0.2, -0.15) is 0 Å². The van der Waals surface area contributed by atoms with Crippen LogP contribution in [0, 0.1) is 0 Å². The highest BCUT2D eigenvalue weighted by Gasteiger charge is 2.24. The summed E-state index contributed by atoms with van der Waals surface area (Å²) in [4.78, 5) is 24.3. The van der Waals surface area contributed by atoms with E-state index in [0.717, 1.165) is 25.8 Å². The highest BCUT2D eigenvalue weighted by Crippen LogP contribution is 2.19. The predicted octanol–water partition coefficient (Wildman–Crippen LogP) is 0.836. The summed E-state index contributed by atoms with van der Waals surface area (Å²) in [6, 6.07) is -0.187. The molecular weight excluding hydrogens is 206 g/mol. The van der Waals surface area contributed by atoms with Gasteiger partial charge in [-0.1, -0.05) is 6.92 Å². The maximum atomic E-state index is 11.9. The van der Waals surface area contributed by atoms with Crippen molar-refractivity contribution in [1.29, 1.82) is 0 Å². The lowest BCUT2D eigenvalue weighted by Crippen LogP contribution is -2.44. The van der Waals surface area contributed by atoms with Crippen LogP contribution in [-0.4, -0.2) is 36.0 Å². The molecular formula is C11H21N3O2. The maximum absolute atomic E-state index is 11.9. The summed E-state index contributed by atoms with van der Waals surface area (Å²) in [6.45, 7) is 3.30. The van der Waals surface area contributed by atoms with Gasteiger partial charge in [-0.15, -0.1) is 0 Å². The van der Waals surface area contributed by atoms with Crippen molar-refractivity contribution in [3.05, 3.63) is 0 Å². The number of likely N-dealkylation sites (tertiary alicyclic amines) is 1. The molecule has 1 saturated heterocycles. The molecule has 3 N–H and O–H groups in total. The zero-order chi connectivity index (χ0) is 12.0. The highest BCUT2D eigenvalue weighted by molar-refractivity contribution is 5.78. The number of carbonyl (C=O) groups is 2. The van der Waals surface area contributed by atoms with Crippen molar-refractivity contribution < 1.29 is 9.59 Å². The third-order valence-corrected chi connectivity index (χ3v) is 3.06. The first-order valence-corrected chi connectivity index (χ1v) is 5.98. The van der Waals surface area contributed by atoms with Gasteiger partial charge in [-0.25, -0.2) is 4.79 Å². The first-order chi connectivity index (χ1) is 7.65. The summed E-state index contributed by atoms with van der Waals surface area (Å²) in [5.41, 5.74) is 4.94. The number of amides is 3. The summed E-state index contributed by atoms with van der Waals surface area (Å²) in [7, 11) is 0. The summed E-state index contributed by atoms with van der Waals surface area (Å²) in [5, 5.41) is 2.44. The lowest BCUT2D eigenvalue weighted by molar-refractivity contribution is -0.134. The number of piperidine rings is 1. The zero-order valence-electron chi connectivity index (χ0n) is 9.87. The molecule has 1 aliphatic heterocycles. The van der Waals surface area contributed by atoms with E-state index in [2.05, 4.69) is 12.2 Å². The number of carbonyl (C=O) groups excluding carboxylic acids is 2. The Morgan fingerprint density at radius 1 is 1.44 bits per heavy atom. The molecule has 0 aromatic heterocycles. The Morgan fingerprint density at radius 3 is 2.81 bits per heavy atom. The number of urea groups is 1. The van der Waals surface area contributed by atoms with E-state index in [-0.39, 0.29) is 5.91 Å². The average Bonchev–Trinajstić information content (AvgIpc) is 2.28. The lowest BCUT2D eigenvalue weighted by atomic mass is 9.99. The smallest absolute Gasteiger partial charge is 0.312 e. The predicted molar refractivity (Wildman–Crippen MR) is 61.8 cm³/mol. The van der Waals surface area contributed by atoms with Crippen LogP contribution >= 0.6 is 0 Å². The molecule has 1 heterocycles. The molecule has 3 amide bonds. The van der Waals surface area contributed by atoms with Crippen molar-refractivity contribution in [2.75, 3.05) is 13.1 Å². The van der Waals surface area contributed by atoms with E-state index >= 15 is 0 Å². The zero-order valence-corrected chi connectivity index (χ0v) is 9.87. The molecule has 1 rings (SSSR count). The van der Waals surface area contributed by atoms with E-state index in [1.54, 1.807) is 0 Å². The van der Waals surface area contributed by atoms with Gasteiger partial charge in [0.05, 0.1) is 0 Å². The first kappa shape index (κ1) is 12.8. The first-order valence-electron chi connectivity index (χ1n) is 5.98. The van der Waals surface area contributed by atoms with Crippen LogP contribution in [0.25, 0.3) is 0 Å². The Balaban J connectivity index is 2.35. The molecule has 0 aliphatic carbocycles. The summed E-state index contributed by atoms with van der Waals surface area (Å²) >= 11 is 0. The molecule has 0 aromatic rings. The fraction of sp³-hybridized carbons (Fsp3) is 0.818. The number of rotatable bonds is 4. The van der Waals surface area contributed by atoms with Gasteiger partial charge in [-0.3, -0.25) is 4.79 Å². The van der Waals surface area contributed by atoms with Crippen LogP contribution in [-0.2, 0) is 4.79 Å². The Kier molecular flexibility index (Phi) is 5.08. The Hall–Kier alpha value is -1.26. The van der Waals surface area contributed by atoms with Gasteiger partial charge in [0.15, 0.2) is 0 Å². The molecule has 0 radical (unpaired) electrons. The average molecular weight is 227 g/mol. The second-order valence-corrected chi connectivity index (χ2v) is 4.19. The van der Waals surface area contributed by atoms with Crippen LogP contribution in [0.4, 0.5) is 4.79 Å². The minimum absolute atomic E-state index is 0.125.